The maximum absolute atomic E-state index is 12.1. The van der Waals surface area contributed by atoms with Crippen LogP contribution in [-0.2, 0) is 9.59 Å². The molecule has 0 fully saturated rings. The third kappa shape index (κ3) is 11.0. The van der Waals surface area contributed by atoms with E-state index in [2.05, 4.69) is 23.8 Å². The Bertz CT molecular complexity index is 1060. The van der Waals surface area contributed by atoms with Crippen LogP contribution in [0.15, 0.2) is 72.8 Å². The molecule has 0 aliphatic carbocycles. The first-order valence-electron chi connectivity index (χ1n) is 13.2. The Kier molecular flexibility index (Phi) is 13.2. The number of allylic oxidation sites excluding steroid dienone is 2. The molecule has 0 saturated heterocycles. The second kappa shape index (κ2) is 16.6. The largest absolute Gasteiger partial charge is 0.484 e. The molecular weight excluding hydrogens is 496 g/mol. The van der Waals surface area contributed by atoms with Crippen LogP contribution in [0.2, 0.25) is 0 Å². The number of hydrogen-bond acceptors (Lipinski definition) is 6. The molecule has 2 rings (SSSR count). The molecule has 2 aromatic carbocycles. The Morgan fingerprint density at radius 1 is 0.615 bits per heavy atom. The molecule has 208 valence electrons. The zero-order valence-corrected chi connectivity index (χ0v) is 22.8. The average Bonchev–Trinajstić information content (AvgIpc) is 2.97. The molecule has 2 amide bonds. The Morgan fingerprint density at radius 3 is 1.31 bits per heavy atom. The number of unbranched alkanes of at least 4 members (excludes halogenated alkanes) is 2. The van der Waals surface area contributed by atoms with Gasteiger partial charge in [-0.05, 0) is 91.8 Å². The molecule has 0 aliphatic rings. The van der Waals surface area contributed by atoms with E-state index in [1.54, 1.807) is 48.5 Å². The van der Waals surface area contributed by atoms with Crippen LogP contribution < -0.4 is 20.1 Å². The monoisotopic (exact) mass is 534 g/mol. The topological polar surface area (TPSA) is 111 Å². The molecule has 0 bridgehead atoms. The van der Waals surface area contributed by atoms with Gasteiger partial charge in [-0.25, -0.2) is 0 Å². The number of Topliss-reactive ketones (excluding diaryl/α,β-unsaturated/α-hetero) is 2. The van der Waals surface area contributed by atoms with Crippen LogP contribution in [0.1, 0.15) is 66.7 Å². The van der Waals surface area contributed by atoms with Gasteiger partial charge in [-0.3, -0.25) is 19.2 Å². The minimum atomic E-state index is -0.229. The lowest BCUT2D eigenvalue weighted by atomic mass is 10.0. The first-order valence-corrected chi connectivity index (χ1v) is 13.2. The van der Waals surface area contributed by atoms with E-state index in [1.165, 1.54) is 0 Å². The normalized spacial score (nSPS) is 10.3. The summed E-state index contributed by atoms with van der Waals surface area (Å²) in [4.78, 5) is 48.2. The van der Waals surface area contributed by atoms with Gasteiger partial charge in [0.25, 0.3) is 11.8 Å². The van der Waals surface area contributed by atoms with E-state index >= 15 is 0 Å². The molecule has 0 unspecified atom stereocenters. The van der Waals surface area contributed by atoms with Crippen LogP contribution in [0.5, 0.6) is 11.5 Å². The molecular formula is C31H38N2O6. The van der Waals surface area contributed by atoms with Crippen molar-refractivity contribution < 1.29 is 28.7 Å². The fourth-order valence-corrected chi connectivity index (χ4v) is 3.42. The minimum absolute atomic E-state index is 0.0925. The SMILES string of the molecule is C=C(CC)C(=O)c1ccc(OCC(=O)NCCCCCNC(=O)COc2ccc(C(=O)C(=C)CC)cc2)cc1. The lowest BCUT2D eigenvalue weighted by Crippen LogP contribution is -2.30. The van der Waals surface area contributed by atoms with Crippen LogP contribution in [-0.4, -0.2) is 49.7 Å². The smallest absolute Gasteiger partial charge is 0.257 e. The fraction of sp³-hybridized carbons (Fsp3) is 0.355. The first-order chi connectivity index (χ1) is 18.7. The third-order valence-electron chi connectivity index (χ3n) is 5.97. The Hall–Kier alpha value is -4.20. The highest BCUT2D eigenvalue weighted by Gasteiger charge is 2.10. The van der Waals surface area contributed by atoms with Gasteiger partial charge in [-0.15, -0.1) is 0 Å². The van der Waals surface area contributed by atoms with Gasteiger partial charge in [-0.1, -0.05) is 27.0 Å². The van der Waals surface area contributed by atoms with E-state index in [1.807, 2.05) is 13.8 Å². The van der Waals surface area contributed by atoms with Gasteiger partial charge in [-0.2, -0.15) is 0 Å². The number of ketones is 2. The summed E-state index contributed by atoms with van der Waals surface area (Å²) >= 11 is 0. The molecule has 0 aromatic heterocycles. The van der Waals surface area contributed by atoms with Crippen molar-refractivity contribution in [1.29, 1.82) is 0 Å². The molecule has 0 saturated carbocycles. The Labute approximate surface area is 230 Å². The lowest BCUT2D eigenvalue weighted by molar-refractivity contribution is -0.123. The van der Waals surface area contributed by atoms with E-state index in [-0.39, 0.29) is 36.6 Å². The highest BCUT2D eigenvalue weighted by atomic mass is 16.5. The van der Waals surface area contributed by atoms with Crippen molar-refractivity contribution in [2.45, 2.75) is 46.0 Å². The number of ether oxygens (including phenoxy) is 2. The molecule has 39 heavy (non-hydrogen) atoms. The standard InChI is InChI=1S/C31H38N2O6/c1-5-22(3)30(36)24-10-14-26(15-11-24)38-20-28(34)32-18-8-7-9-19-33-29(35)21-39-27-16-12-25(13-17-27)31(37)23(4)6-2/h10-17H,3-9,18-21H2,1-2H3,(H,32,34)(H,33,35). The fourth-order valence-electron chi connectivity index (χ4n) is 3.42. The highest BCUT2D eigenvalue weighted by Crippen LogP contribution is 2.17. The molecule has 0 aliphatic heterocycles. The predicted molar refractivity (Wildman–Crippen MR) is 151 cm³/mol. The number of rotatable bonds is 18. The summed E-state index contributed by atoms with van der Waals surface area (Å²) in [5.74, 6) is 0.373. The molecule has 0 atom stereocenters. The predicted octanol–water partition coefficient (Wildman–Crippen LogP) is 4.84. The van der Waals surface area contributed by atoms with Gasteiger partial charge in [0, 0.05) is 24.2 Å². The molecule has 0 heterocycles. The summed E-state index contributed by atoms with van der Waals surface area (Å²) in [6.07, 6.45) is 3.56. The van der Waals surface area contributed by atoms with Crippen molar-refractivity contribution in [3.8, 4) is 11.5 Å². The maximum Gasteiger partial charge on any atom is 0.257 e. The van der Waals surface area contributed by atoms with Crippen LogP contribution in [0.25, 0.3) is 0 Å². The van der Waals surface area contributed by atoms with E-state index in [0.29, 0.717) is 59.7 Å². The van der Waals surface area contributed by atoms with Crippen molar-refractivity contribution in [2.24, 2.45) is 0 Å². The minimum Gasteiger partial charge on any atom is -0.484 e. The Balaban J connectivity index is 1.52. The van der Waals surface area contributed by atoms with E-state index < -0.39 is 0 Å². The number of amides is 2. The summed E-state index contributed by atoms with van der Waals surface area (Å²) in [6, 6.07) is 13.3. The number of benzene rings is 2. The van der Waals surface area contributed by atoms with Gasteiger partial charge >= 0.3 is 0 Å². The highest BCUT2D eigenvalue weighted by molar-refractivity contribution is 6.08. The van der Waals surface area contributed by atoms with Crippen molar-refractivity contribution in [2.75, 3.05) is 26.3 Å². The van der Waals surface area contributed by atoms with Crippen molar-refractivity contribution in [3.05, 3.63) is 84.0 Å². The molecule has 8 heteroatoms. The van der Waals surface area contributed by atoms with Gasteiger partial charge in [0.15, 0.2) is 24.8 Å². The molecule has 8 nitrogen and oxygen atoms in total. The van der Waals surface area contributed by atoms with Crippen LogP contribution in [0.3, 0.4) is 0 Å². The second-order valence-corrected chi connectivity index (χ2v) is 8.96. The average molecular weight is 535 g/mol. The maximum atomic E-state index is 12.1. The molecule has 2 aromatic rings. The molecule has 2 N–H and O–H groups in total. The van der Waals surface area contributed by atoms with Crippen molar-refractivity contribution in [3.63, 3.8) is 0 Å². The van der Waals surface area contributed by atoms with Gasteiger partial charge in [0.05, 0.1) is 0 Å². The van der Waals surface area contributed by atoms with Gasteiger partial charge < -0.3 is 20.1 Å². The van der Waals surface area contributed by atoms with Crippen LogP contribution in [0.4, 0.5) is 0 Å². The summed E-state index contributed by atoms with van der Waals surface area (Å²) in [7, 11) is 0. The zero-order chi connectivity index (χ0) is 28.6. The number of nitrogens with one attached hydrogen (secondary N) is 2. The summed E-state index contributed by atoms with van der Waals surface area (Å²) in [5, 5.41) is 5.60. The summed E-state index contributed by atoms with van der Waals surface area (Å²) in [5.41, 5.74) is 2.18. The van der Waals surface area contributed by atoms with Crippen molar-refractivity contribution >= 4 is 23.4 Å². The number of carbonyl (C=O) groups excluding carboxylic acids is 4. The van der Waals surface area contributed by atoms with Gasteiger partial charge in [0.1, 0.15) is 11.5 Å². The quantitative estimate of drug-likeness (QED) is 0.161. The lowest BCUT2D eigenvalue weighted by Gasteiger charge is -2.09. The van der Waals surface area contributed by atoms with Gasteiger partial charge in [0.2, 0.25) is 0 Å². The number of carbonyl (C=O) groups is 4. The van der Waals surface area contributed by atoms with Crippen molar-refractivity contribution in [1.82, 2.24) is 10.6 Å². The summed E-state index contributed by atoms with van der Waals surface area (Å²) < 4.78 is 10.9. The van der Waals surface area contributed by atoms with E-state index in [4.69, 9.17) is 9.47 Å². The zero-order valence-electron chi connectivity index (χ0n) is 22.8. The Morgan fingerprint density at radius 2 is 0.974 bits per heavy atom. The van der Waals surface area contributed by atoms with E-state index in [0.717, 1.165) is 19.3 Å². The van der Waals surface area contributed by atoms with E-state index in [9.17, 15) is 19.2 Å². The molecule has 0 radical (unpaired) electrons. The number of hydrogen-bond donors (Lipinski definition) is 2. The third-order valence-corrected chi connectivity index (χ3v) is 5.97. The van der Waals surface area contributed by atoms with Crippen LogP contribution >= 0.6 is 0 Å². The second-order valence-electron chi connectivity index (χ2n) is 8.96. The summed E-state index contributed by atoms with van der Waals surface area (Å²) in [6.45, 7) is 12.1. The molecule has 0 spiro atoms. The first kappa shape index (κ1) is 31.0. The van der Waals surface area contributed by atoms with Crippen LogP contribution in [0, 0.1) is 0 Å².